The standard InChI is InChI=1S/C31H20N2/c1-19-15-16-22-23-10-6-13-26-29(23)33(28(22)18-19)30-27(14-7-17-32-30)31(26)24-11-4-2-8-20(24)21-9-3-5-12-25(21)31/h2-18H,1H3. The Morgan fingerprint density at radius 3 is 2.12 bits per heavy atom. The van der Waals surface area contributed by atoms with Gasteiger partial charge in [-0.1, -0.05) is 84.9 Å². The predicted octanol–water partition coefficient (Wildman–Crippen LogP) is 7.16. The Hall–Kier alpha value is -4.17. The summed E-state index contributed by atoms with van der Waals surface area (Å²) in [6.45, 7) is 2.17. The average Bonchev–Trinajstić information content (AvgIpc) is 3.34. The Labute approximate surface area is 191 Å². The molecule has 0 atom stereocenters. The van der Waals surface area contributed by atoms with Crippen molar-refractivity contribution in [3.63, 3.8) is 0 Å². The van der Waals surface area contributed by atoms with Gasteiger partial charge >= 0.3 is 0 Å². The SMILES string of the molecule is Cc1ccc2c3cccc4c3n(c2c1)-c1ncccc1C41c2ccccc2-c2ccccc21. The van der Waals surface area contributed by atoms with E-state index in [2.05, 4.69) is 109 Å². The summed E-state index contributed by atoms with van der Waals surface area (Å²) >= 11 is 0. The van der Waals surface area contributed by atoms with E-state index in [0.29, 0.717) is 0 Å². The molecule has 6 aromatic rings. The molecule has 33 heavy (non-hydrogen) atoms. The average molecular weight is 421 g/mol. The number of fused-ring (bicyclic) bond motifs is 12. The largest absolute Gasteiger partial charge is 0.293 e. The minimum absolute atomic E-state index is 0.379. The molecule has 1 spiro atoms. The number of hydrogen-bond donors (Lipinski definition) is 0. The van der Waals surface area contributed by atoms with Crippen LogP contribution in [0.3, 0.4) is 0 Å². The first-order chi connectivity index (χ1) is 16.3. The van der Waals surface area contributed by atoms with Gasteiger partial charge in [0.1, 0.15) is 5.82 Å². The van der Waals surface area contributed by atoms with Crippen molar-refractivity contribution in [2.24, 2.45) is 0 Å². The van der Waals surface area contributed by atoms with Gasteiger partial charge in [-0.05, 0) is 52.4 Å². The molecule has 154 valence electrons. The lowest BCUT2D eigenvalue weighted by Gasteiger charge is -2.38. The Morgan fingerprint density at radius 1 is 0.636 bits per heavy atom. The first kappa shape index (κ1) is 17.4. The number of para-hydroxylation sites is 1. The topological polar surface area (TPSA) is 17.8 Å². The Balaban J connectivity index is 1.69. The second-order valence-corrected chi connectivity index (χ2v) is 9.27. The quantitative estimate of drug-likeness (QED) is 0.254. The van der Waals surface area contributed by atoms with Crippen LogP contribution in [0.2, 0.25) is 0 Å². The van der Waals surface area contributed by atoms with Crippen LogP contribution in [0, 0.1) is 6.92 Å². The summed E-state index contributed by atoms with van der Waals surface area (Å²) in [6, 6.07) is 35.8. The Bertz CT molecular complexity index is 1740. The van der Waals surface area contributed by atoms with Gasteiger partial charge in [0.15, 0.2) is 0 Å². The minimum atomic E-state index is -0.379. The third-order valence-electron chi connectivity index (χ3n) is 7.70. The molecular weight excluding hydrogens is 400 g/mol. The molecule has 1 aliphatic heterocycles. The molecule has 8 rings (SSSR count). The minimum Gasteiger partial charge on any atom is -0.293 e. The molecule has 2 aliphatic rings. The maximum absolute atomic E-state index is 5.02. The van der Waals surface area contributed by atoms with Crippen molar-refractivity contribution in [1.29, 1.82) is 0 Å². The number of rotatable bonds is 0. The van der Waals surface area contributed by atoms with Crippen LogP contribution in [0.5, 0.6) is 0 Å². The third kappa shape index (κ3) is 1.86. The molecule has 0 unspecified atom stereocenters. The highest BCUT2D eigenvalue weighted by atomic mass is 15.1. The van der Waals surface area contributed by atoms with E-state index in [0.717, 1.165) is 5.82 Å². The van der Waals surface area contributed by atoms with Crippen molar-refractivity contribution in [3.8, 4) is 16.9 Å². The van der Waals surface area contributed by atoms with Crippen molar-refractivity contribution in [1.82, 2.24) is 9.55 Å². The van der Waals surface area contributed by atoms with E-state index in [4.69, 9.17) is 4.98 Å². The van der Waals surface area contributed by atoms with Crippen molar-refractivity contribution < 1.29 is 0 Å². The van der Waals surface area contributed by atoms with Crippen molar-refractivity contribution in [3.05, 3.63) is 131 Å². The number of benzene rings is 4. The molecule has 0 saturated carbocycles. The van der Waals surface area contributed by atoms with E-state index in [9.17, 15) is 0 Å². The van der Waals surface area contributed by atoms with Crippen LogP contribution in [0.1, 0.15) is 27.8 Å². The fourth-order valence-corrected chi connectivity index (χ4v) is 6.53. The van der Waals surface area contributed by atoms with Crippen LogP contribution in [-0.4, -0.2) is 9.55 Å². The monoisotopic (exact) mass is 420 g/mol. The third-order valence-corrected chi connectivity index (χ3v) is 7.70. The van der Waals surface area contributed by atoms with E-state index >= 15 is 0 Å². The van der Waals surface area contributed by atoms with Crippen molar-refractivity contribution in [2.75, 3.05) is 0 Å². The van der Waals surface area contributed by atoms with Gasteiger partial charge in [0, 0.05) is 22.5 Å². The van der Waals surface area contributed by atoms with Gasteiger partial charge in [0.2, 0.25) is 0 Å². The summed E-state index contributed by atoms with van der Waals surface area (Å²) in [4.78, 5) is 5.02. The highest BCUT2D eigenvalue weighted by molar-refractivity contribution is 6.12. The van der Waals surface area contributed by atoms with Crippen LogP contribution in [0.15, 0.2) is 103 Å². The number of pyridine rings is 1. The van der Waals surface area contributed by atoms with Gasteiger partial charge in [-0.15, -0.1) is 0 Å². The molecule has 0 saturated heterocycles. The summed E-state index contributed by atoms with van der Waals surface area (Å²) in [5.74, 6) is 1.04. The van der Waals surface area contributed by atoms with E-state index in [-0.39, 0.29) is 5.41 Å². The number of aryl methyl sites for hydroxylation is 1. The normalized spacial score (nSPS) is 14.5. The maximum Gasteiger partial charge on any atom is 0.142 e. The lowest BCUT2D eigenvalue weighted by Crippen LogP contribution is -2.33. The molecule has 2 nitrogen and oxygen atoms in total. The second kappa shape index (κ2) is 5.79. The molecule has 0 fully saturated rings. The molecule has 0 amide bonds. The second-order valence-electron chi connectivity index (χ2n) is 9.27. The van der Waals surface area contributed by atoms with Gasteiger partial charge in [-0.25, -0.2) is 4.98 Å². The molecule has 0 bridgehead atoms. The molecule has 4 aromatic carbocycles. The molecule has 0 radical (unpaired) electrons. The lowest BCUT2D eigenvalue weighted by molar-refractivity contribution is 0.737. The fraction of sp³-hybridized carbons (Fsp3) is 0.0645. The lowest BCUT2D eigenvalue weighted by atomic mass is 9.66. The van der Waals surface area contributed by atoms with Gasteiger partial charge in [0.25, 0.3) is 0 Å². The van der Waals surface area contributed by atoms with Gasteiger partial charge in [-0.3, -0.25) is 4.57 Å². The highest BCUT2D eigenvalue weighted by Crippen LogP contribution is 2.60. The van der Waals surface area contributed by atoms with E-state index in [1.54, 1.807) is 0 Å². The zero-order valence-electron chi connectivity index (χ0n) is 18.2. The molecule has 1 aliphatic carbocycles. The fourth-order valence-electron chi connectivity index (χ4n) is 6.53. The van der Waals surface area contributed by atoms with Gasteiger partial charge in [-0.2, -0.15) is 0 Å². The summed E-state index contributed by atoms with van der Waals surface area (Å²) < 4.78 is 2.40. The van der Waals surface area contributed by atoms with E-state index in [1.165, 1.54) is 60.8 Å². The number of aromatic nitrogens is 2. The van der Waals surface area contributed by atoms with Gasteiger partial charge in [0.05, 0.1) is 16.4 Å². The van der Waals surface area contributed by atoms with Crippen molar-refractivity contribution >= 4 is 21.8 Å². The van der Waals surface area contributed by atoms with Crippen LogP contribution in [0.4, 0.5) is 0 Å². The first-order valence-corrected chi connectivity index (χ1v) is 11.5. The zero-order chi connectivity index (χ0) is 21.7. The molecule has 0 N–H and O–H groups in total. The van der Waals surface area contributed by atoms with Crippen LogP contribution in [0.25, 0.3) is 38.8 Å². The molecular formula is C31H20N2. The van der Waals surface area contributed by atoms with Crippen LogP contribution in [-0.2, 0) is 5.41 Å². The van der Waals surface area contributed by atoms with Gasteiger partial charge < -0.3 is 0 Å². The summed E-state index contributed by atoms with van der Waals surface area (Å²) in [5, 5.41) is 2.57. The molecule has 2 heteroatoms. The van der Waals surface area contributed by atoms with Crippen LogP contribution >= 0.6 is 0 Å². The molecule has 3 heterocycles. The summed E-state index contributed by atoms with van der Waals surface area (Å²) in [6.07, 6.45) is 1.93. The zero-order valence-corrected chi connectivity index (χ0v) is 18.2. The Kier molecular flexibility index (Phi) is 3.05. The van der Waals surface area contributed by atoms with Crippen molar-refractivity contribution in [2.45, 2.75) is 12.3 Å². The highest BCUT2D eigenvalue weighted by Gasteiger charge is 2.50. The number of nitrogens with zero attached hydrogens (tertiary/aromatic N) is 2. The number of hydrogen-bond acceptors (Lipinski definition) is 1. The summed E-state index contributed by atoms with van der Waals surface area (Å²) in [5.41, 5.74) is 11.3. The summed E-state index contributed by atoms with van der Waals surface area (Å²) in [7, 11) is 0. The smallest absolute Gasteiger partial charge is 0.142 e. The van der Waals surface area contributed by atoms with Crippen LogP contribution < -0.4 is 0 Å². The predicted molar refractivity (Wildman–Crippen MR) is 134 cm³/mol. The van der Waals surface area contributed by atoms with E-state index in [1.807, 2.05) is 6.20 Å². The van der Waals surface area contributed by atoms with E-state index < -0.39 is 0 Å². The maximum atomic E-state index is 5.02. The Morgan fingerprint density at radius 2 is 1.33 bits per heavy atom. The molecule has 2 aromatic heterocycles. The first-order valence-electron chi connectivity index (χ1n) is 11.5.